The molecule has 0 aliphatic carbocycles. The second-order valence-corrected chi connectivity index (χ2v) is 4.62. The zero-order valence-electron chi connectivity index (χ0n) is 10.7. The zero-order chi connectivity index (χ0) is 13.8. The van der Waals surface area contributed by atoms with Crippen LogP contribution < -0.4 is 10.5 Å². The number of methoxy groups -OCH3 is 2. The van der Waals surface area contributed by atoms with Gasteiger partial charge >= 0.3 is 0 Å². The molecule has 2 N–H and O–H groups in total. The number of hydrogen-bond donors (Lipinski definition) is 1. The highest BCUT2D eigenvalue weighted by molar-refractivity contribution is 9.10. The van der Waals surface area contributed by atoms with E-state index in [0.717, 1.165) is 5.56 Å². The molecule has 2 rings (SSSR count). The fraction of sp³-hybridized carbons (Fsp3) is 0.231. The molecule has 0 amide bonds. The molecule has 0 atom stereocenters. The van der Waals surface area contributed by atoms with Gasteiger partial charge in [0.1, 0.15) is 11.6 Å². The first-order valence-electron chi connectivity index (χ1n) is 5.61. The highest BCUT2D eigenvalue weighted by Gasteiger charge is 2.14. The maximum absolute atomic E-state index is 5.89. The van der Waals surface area contributed by atoms with Crippen molar-refractivity contribution in [1.82, 2.24) is 9.97 Å². The van der Waals surface area contributed by atoms with Gasteiger partial charge in [0.15, 0.2) is 5.82 Å². The fourth-order valence-electron chi connectivity index (χ4n) is 1.70. The van der Waals surface area contributed by atoms with Gasteiger partial charge in [-0.1, -0.05) is 12.1 Å². The molecule has 0 radical (unpaired) electrons. The molecule has 5 nitrogen and oxygen atoms in total. The summed E-state index contributed by atoms with van der Waals surface area (Å²) in [4.78, 5) is 8.74. The van der Waals surface area contributed by atoms with Crippen molar-refractivity contribution in [2.24, 2.45) is 0 Å². The number of aromatic nitrogens is 2. The Bertz CT molecular complexity index is 590. The van der Waals surface area contributed by atoms with Gasteiger partial charge in [-0.15, -0.1) is 0 Å². The molecule has 0 spiro atoms. The van der Waals surface area contributed by atoms with Gasteiger partial charge in [0.2, 0.25) is 0 Å². The average molecular weight is 324 g/mol. The van der Waals surface area contributed by atoms with Gasteiger partial charge in [-0.3, -0.25) is 0 Å². The Morgan fingerprint density at radius 3 is 2.63 bits per heavy atom. The molecule has 0 bridgehead atoms. The van der Waals surface area contributed by atoms with Gasteiger partial charge in [-0.25, -0.2) is 9.97 Å². The van der Waals surface area contributed by atoms with Crippen LogP contribution in [-0.4, -0.2) is 24.2 Å². The van der Waals surface area contributed by atoms with Crippen molar-refractivity contribution in [1.29, 1.82) is 0 Å². The topological polar surface area (TPSA) is 70.3 Å². The molecule has 1 aromatic heterocycles. The SMILES string of the molecule is COCc1nc(-c2ccccc2OC)nc(N)c1Br. The van der Waals surface area contributed by atoms with E-state index in [1.807, 2.05) is 24.3 Å². The molecule has 6 heteroatoms. The van der Waals surface area contributed by atoms with Crippen molar-refractivity contribution in [2.75, 3.05) is 20.0 Å². The predicted molar refractivity (Wildman–Crippen MR) is 76.8 cm³/mol. The van der Waals surface area contributed by atoms with Crippen molar-refractivity contribution >= 4 is 21.7 Å². The summed E-state index contributed by atoms with van der Waals surface area (Å²) in [7, 11) is 3.21. The van der Waals surface area contributed by atoms with Crippen LogP contribution in [0.1, 0.15) is 5.69 Å². The maximum atomic E-state index is 5.89. The van der Waals surface area contributed by atoms with Crippen molar-refractivity contribution < 1.29 is 9.47 Å². The lowest BCUT2D eigenvalue weighted by molar-refractivity contribution is 0.181. The van der Waals surface area contributed by atoms with Gasteiger partial charge in [0.25, 0.3) is 0 Å². The van der Waals surface area contributed by atoms with Crippen LogP contribution in [0.3, 0.4) is 0 Å². The summed E-state index contributed by atoms with van der Waals surface area (Å²) in [6.07, 6.45) is 0. The minimum Gasteiger partial charge on any atom is -0.496 e. The summed E-state index contributed by atoms with van der Waals surface area (Å²) in [5.74, 6) is 1.60. The number of halogens is 1. The number of rotatable bonds is 4. The molecule has 2 aromatic rings. The van der Waals surface area contributed by atoms with Crippen LogP contribution in [-0.2, 0) is 11.3 Å². The highest BCUT2D eigenvalue weighted by Crippen LogP contribution is 2.30. The van der Waals surface area contributed by atoms with Crippen LogP contribution in [0, 0.1) is 0 Å². The molecule has 1 aromatic carbocycles. The Balaban J connectivity index is 2.56. The molecule has 0 saturated carbocycles. The molecule has 19 heavy (non-hydrogen) atoms. The minimum atomic E-state index is 0.357. The molecule has 0 aliphatic heterocycles. The quantitative estimate of drug-likeness (QED) is 0.936. The summed E-state index contributed by atoms with van der Waals surface area (Å²) < 4.78 is 11.1. The Morgan fingerprint density at radius 1 is 1.21 bits per heavy atom. The van der Waals surface area contributed by atoms with Crippen LogP contribution in [0.5, 0.6) is 5.75 Å². The van der Waals surface area contributed by atoms with E-state index in [2.05, 4.69) is 25.9 Å². The standard InChI is InChI=1S/C13H14BrN3O2/c1-18-7-9-11(14)12(15)17-13(16-9)8-5-3-4-6-10(8)19-2/h3-6H,7H2,1-2H3,(H2,15,16,17). The number of nitrogens with two attached hydrogens (primary N) is 1. The van der Waals surface area contributed by atoms with Crippen molar-refractivity contribution in [2.45, 2.75) is 6.61 Å². The first-order valence-corrected chi connectivity index (χ1v) is 6.41. The van der Waals surface area contributed by atoms with E-state index in [1.54, 1.807) is 14.2 Å². The number of hydrogen-bond acceptors (Lipinski definition) is 5. The number of nitrogens with zero attached hydrogens (tertiary/aromatic N) is 2. The first-order chi connectivity index (χ1) is 9.17. The monoisotopic (exact) mass is 323 g/mol. The third-order valence-corrected chi connectivity index (χ3v) is 3.44. The van der Waals surface area contributed by atoms with E-state index in [4.69, 9.17) is 15.2 Å². The Hall–Kier alpha value is -1.66. The summed E-state index contributed by atoms with van der Waals surface area (Å²) in [5, 5.41) is 0. The van der Waals surface area contributed by atoms with E-state index in [9.17, 15) is 0 Å². The first kappa shape index (κ1) is 13.8. The summed E-state index contributed by atoms with van der Waals surface area (Å²) in [5.41, 5.74) is 7.38. The summed E-state index contributed by atoms with van der Waals surface area (Å²) in [6, 6.07) is 7.53. The third kappa shape index (κ3) is 2.85. The largest absolute Gasteiger partial charge is 0.496 e. The lowest BCUT2D eigenvalue weighted by Crippen LogP contribution is -2.04. The third-order valence-electron chi connectivity index (χ3n) is 2.57. The van der Waals surface area contributed by atoms with Gasteiger partial charge < -0.3 is 15.2 Å². The van der Waals surface area contributed by atoms with Crippen LogP contribution in [0.15, 0.2) is 28.7 Å². The van der Waals surface area contributed by atoms with Gasteiger partial charge in [-0.2, -0.15) is 0 Å². The van der Waals surface area contributed by atoms with E-state index < -0.39 is 0 Å². The number of nitrogen functional groups attached to an aromatic ring is 1. The molecule has 0 aliphatic rings. The Labute approximate surface area is 119 Å². The smallest absolute Gasteiger partial charge is 0.165 e. The molecule has 0 fully saturated rings. The van der Waals surface area contributed by atoms with Crippen LogP contribution in [0.2, 0.25) is 0 Å². The van der Waals surface area contributed by atoms with Crippen molar-refractivity contribution in [3.63, 3.8) is 0 Å². The molecule has 100 valence electrons. The predicted octanol–water partition coefficient (Wildman–Crippen LogP) is 2.64. The summed E-state index contributed by atoms with van der Waals surface area (Å²) >= 11 is 3.36. The Morgan fingerprint density at radius 2 is 1.95 bits per heavy atom. The Kier molecular flexibility index (Phi) is 4.34. The second-order valence-electron chi connectivity index (χ2n) is 3.83. The van der Waals surface area contributed by atoms with Crippen molar-refractivity contribution in [3.8, 4) is 17.1 Å². The average Bonchev–Trinajstić information content (AvgIpc) is 2.43. The molecular weight excluding hydrogens is 310 g/mol. The van der Waals surface area contributed by atoms with Gasteiger partial charge in [-0.05, 0) is 28.1 Å². The lowest BCUT2D eigenvalue weighted by Gasteiger charge is -2.10. The highest BCUT2D eigenvalue weighted by atomic mass is 79.9. The van der Waals surface area contributed by atoms with Crippen molar-refractivity contribution in [3.05, 3.63) is 34.4 Å². The van der Waals surface area contributed by atoms with E-state index in [-0.39, 0.29) is 0 Å². The fourth-order valence-corrected chi connectivity index (χ4v) is 1.99. The normalized spacial score (nSPS) is 10.5. The number of ether oxygens (including phenoxy) is 2. The second kappa shape index (κ2) is 5.99. The maximum Gasteiger partial charge on any atom is 0.165 e. The molecular formula is C13H14BrN3O2. The van der Waals surface area contributed by atoms with Crippen LogP contribution in [0.4, 0.5) is 5.82 Å². The molecule has 0 saturated heterocycles. The van der Waals surface area contributed by atoms with Crippen LogP contribution in [0.25, 0.3) is 11.4 Å². The number of para-hydroxylation sites is 1. The van der Waals surface area contributed by atoms with E-state index >= 15 is 0 Å². The van der Waals surface area contributed by atoms with E-state index in [1.165, 1.54) is 0 Å². The summed E-state index contributed by atoms with van der Waals surface area (Å²) in [6.45, 7) is 0.357. The van der Waals surface area contributed by atoms with E-state index in [0.29, 0.717) is 34.2 Å². The van der Waals surface area contributed by atoms with Gasteiger partial charge in [0.05, 0.1) is 29.4 Å². The molecule has 0 unspecified atom stereocenters. The lowest BCUT2D eigenvalue weighted by atomic mass is 10.2. The zero-order valence-corrected chi connectivity index (χ0v) is 12.3. The molecule has 1 heterocycles. The number of benzene rings is 1. The minimum absolute atomic E-state index is 0.357. The number of anilines is 1. The van der Waals surface area contributed by atoms with Crippen LogP contribution >= 0.6 is 15.9 Å². The van der Waals surface area contributed by atoms with Gasteiger partial charge in [0, 0.05) is 7.11 Å².